The molecule has 0 aromatic heterocycles. The molecule has 0 amide bonds. The van der Waals surface area contributed by atoms with Crippen molar-refractivity contribution in [3.63, 3.8) is 0 Å². The third-order valence-corrected chi connectivity index (χ3v) is 2.37. The molecule has 0 aliphatic heterocycles. The van der Waals surface area contributed by atoms with E-state index in [0.29, 0.717) is 25.7 Å². The van der Waals surface area contributed by atoms with Crippen LogP contribution in [0.3, 0.4) is 0 Å². The van der Waals surface area contributed by atoms with Crippen LogP contribution in [0.4, 0.5) is 0 Å². The van der Waals surface area contributed by atoms with Crippen molar-refractivity contribution >= 4 is 11.9 Å². The van der Waals surface area contributed by atoms with Gasteiger partial charge < -0.3 is 16.4 Å². The SMILES string of the molecule is N.O=C(O)C1CCCC(C(=O)O)C1. The molecule has 5 nitrogen and oxygen atoms in total. The molecule has 76 valence electrons. The summed E-state index contributed by atoms with van der Waals surface area (Å²) in [4.78, 5) is 21.1. The van der Waals surface area contributed by atoms with Crippen molar-refractivity contribution in [2.45, 2.75) is 25.7 Å². The summed E-state index contributed by atoms with van der Waals surface area (Å²) in [7, 11) is 0. The van der Waals surface area contributed by atoms with Gasteiger partial charge in [0.1, 0.15) is 0 Å². The van der Waals surface area contributed by atoms with E-state index in [9.17, 15) is 9.59 Å². The number of rotatable bonds is 2. The average Bonchev–Trinajstić information content (AvgIpc) is 2.04. The molecule has 2 unspecified atom stereocenters. The van der Waals surface area contributed by atoms with Crippen molar-refractivity contribution in [2.75, 3.05) is 0 Å². The zero-order chi connectivity index (χ0) is 9.14. The summed E-state index contributed by atoms with van der Waals surface area (Å²) in [5.41, 5.74) is 0. The molecule has 13 heavy (non-hydrogen) atoms. The molecule has 0 spiro atoms. The van der Waals surface area contributed by atoms with Gasteiger partial charge in [0.05, 0.1) is 11.8 Å². The zero-order valence-corrected chi connectivity index (χ0v) is 7.40. The van der Waals surface area contributed by atoms with Gasteiger partial charge in [-0.25, -0.2) is 0 Å². The fourth-order valence-corrected chi connectivity index (χ4v) is 1.64. The lowest BCUT2D eigenvalue weighted by Crippen LogP contribution is -2.26. The molecule has 1 fully saturated rings. The highest BCUT2D eigenvalue weighted by atomic mass is 16.4. The molecule has 1 rings (SSSR count). The second-order valence-corrected chi connectivity index (χ2v) is 3.24. The summed E-state index contributed by atoms with van der Waals surface area (Å²) in [5, 5.41) is 17.3. The Morgan fingerprint density at radius 2 is 1.38 bits per heavy atom. The summed E-state index contributed by atoms with van der Waals surface area (Å²) in [6.07, 6.45) is 2.26. The van der Waals surface area contributed by atoms with Crippen LogP contribution < -0.4 is 6.15 Å². The summed E-state index contributed by atoms with van der Waals surface area (Å²) >= 11 is 0. The summed E-state index contributed by atoms with van der Waals surface area (Å²) in [6, 6.07) is 0. The van der Waals surface area contributed by atoms with Crippen molar-refractivity contribution < 1.29 is 19.8 Å². The Labute approximate surface area is 76.3 Å². The predicted molar refractivity (Wildman–Crippen MR) is 45.7 cm³/mol. The van der Waals surface area contributed by atoms with Gasteiger partial charge >= 0.3 is 11.9 Å². The topological polar surface area (TPSA) is 110 Å². The first kappa shape index (κ1) is 11.9. The van der Waals surface area contributed by atoms with Crippen LogP contribution in [0, 0.1) is 11.8 Å². The number of carboxylic acid groups (broad SMARTS) is 2. The Balaban J connectivity index is 0.00000144. The van der Waals surface area contributed by atoms with Gasteiger partial charge in [-0.3, -0.25) is 9.59 Å². The second kappa shape index (κ2) is 4.81. The van der Waals surface area contributed by atoms with Crippen molar-refractivity contribution in [1.29, 1.82) is 0 Å². The third kappa shape index (κ3) is 3.02. The first-order valence-corrected chi connectivity index (χ1v) is 4.07. The number of hydrogen-bond donors (Lipinski definition) is 3. The smallest absolute Gasteiger partial charge is 0.306 e. The van der Waals surface area contributed by atoms with Crippen LogP contribution >= 0.6 is 0 Å². The Hall–Kier alpha value is -1.10. The molecule has 1 aliphatic rings. The second-order valence-electron chi connectivity index (χ2n) is 3.24. The third-order valence-electron chi connectivity index (χ3n) is 2.37. The van der Waals surface area contributed by atoms with Crippen LogP contribution in [-0.2, 0) is 9.59 Å². The van der Waals surface area contributed by atoms with Crippen LogP contribution in [0.5, 0.6) is 0 Å². The zero-order valence-electron chi connectivity index (χ0n) is 7.40. The highest BCUT2D eigenvalue weighted by molar-refractivity contribution is 5.74. The minimum atomic E-state index is -0.860. The molecule has 1 aliphatic carbocycles. The first-order valence-electron chi connectivity index (χ1n) is 4.07. The van der Waals surface area contributed by atoms with Crippen molar-refractivity contribution in [1.82, 2.24) is 6.15 Å². The Bertz CT molecular complexity index is 184. The predicted octanol–water partition coefficient (Wildman–Crippen LogP) is 1.12. The molecular weight excluding hydrogens is 174 g/mol. The molecule has 0 radical (unpaired) electrons. The van der Waals surface area contributed by atoms with Gasteiger partial charge in [-0.2, -0.15) is 0 Å². The lowest BCUT2D eigenvalue weighted by molar-refractivity contribution is -0.147. The van der Waals surface area contributed by atoms with E-state index in [-0.39, 0.29) is 6.15 Å². The van der Waals surface area contributed by atoms with Crippen LogP contribution in [0.2, 0.25) is 0 Å². The van der Waals surface area contributed by atoms with Gasteiger partial charge in [-0.1, -0.05) is 6.42 Å². The van der Waals surface area contributed by atoms with E-state index in [1.165, 1.54) is 0 Å². The van der Waals surface area contributed by atoms with E-state index in [0.717, 1.165) is 0 Å². The minimum Gasteiger partial charge on any atom is -0.481 e. The maximum absolute atomic E-state index is 10.5. The number of carbonyl (C=O) groups is 2. The van der Waals surface area contributed by atoms with E-state index >= 15 is 0 Å². The Morgan fingerprint density at radius 1 is 1.00 bits per heavy atom. The molecule has 0 heterocycles. The van der Waals surface area contributed by atoms with Crippen LogP contribution in [0.1, 0.15) is 25.7 Å². The quantitative estimate of drug-likeness (QED) is 0.603. The van der Waals surface area contributed by atoms with E-state index in [1.54, 1.807) is 0 Å². The van der Waals surface area contributed by atoms with Gasteiger partial charge in [0, 0.05) is 0 Å². The summed E-state index contributed by atoms with van der Waals surface area (Å²) in [6.45, 7) is 0. The fraction of sp³-hybridized carbons (Fsp3) is 0.750. The molecule has 2 atom stereocenters. The molecule has 1 saturated carbocycles. The van der Waals surface area contributed by atoms with Crippen molar-refractivity contribution in [2.24, 2.45) is 11.8 Å². The molecule has 5 N–H and O–H groups in total. The van der Waals surface area contributed by atoms with E-state index in [2.05, 4.69) is 0 Å². The largest absolute Gasteiger partial charge is 0.481 e. The maximum atomic E-state index is 10.5. The molecule has 0 saturated heterocycles. The molecule has 5 heteroatoms. The average molecular weight is 189 g/mol. The first-order chi connectivity index (χ1) is 5.61. The Kier molecular flexibility index (Phi) is 4.40. The normalized spacial score (nSPS) is 27.4. The highest BCUT2D eigenvalue weighted by Gasteiger charge is 2.30. The van der Waals surface area contributed by atoms with Crippen molar-refractivity contribution in [3.05, 3.63) is 0 Å². The van der Waals surface area contributed by atoms with Gasteiger partial charge in [0.15, 0.2) is 0 Å². The van der Waals surface area contributed by atoms with Gasteiger partial charge in [-0.15, -0.1) is 0 Å². The fourth-order valence-electron chi connectivity index (χ4n) is 1.64. The summed E-state index contributed by atoms with van der Waals surface area (Å²) < 4.78 is 0. The van der Waals surface area contributed by atoms with Crippen LogP contribution in [-0.4, -0.2) is 22.2 Å². The van der Waals surface area contributed by atoms with E-state index in [1.807, 2.05) is 0 Å². The maximum Gasteiger partial charge on any atom is 0.306 e. The Morgan fingerprint density at radius 3 is 1.69 bits per heavy atom. The molecule has 0 aromatic rings. The van der Waals surface area contributed by atoms with Gasteiger partial charge in [-0.05, 0) is 19.3 Å². The van der Waals surface area contributed by atoms with Crippen molar-refractivity contribution in [3.8, 4) is 0 Å². The number of aliphatic carboxylic acids is 2. The molecular formula is C8H15NO4. The lowest BCUT2D eigenvalue weighted by atomic mass is 9.81. The molecule has 0 aromatic carbocycles. The standard InChI is InChI=1S/C8H12O4.H3N/c9-7(10)5-2-1-3-6(4-5)8(11)12;/h5-6H,1-4H2,(H,9,10)(H,11,12);1H3. The number of hydrogen-bond acceptors (Lipinski definition) is 3. The molecule has 0 bridgehead atoms. The minimum absolute atomic E-state index is 0. The number of carboxylic acids is 2. The van der Waals surface area contributed by atoms with E-state index < -0.39 is 23.8 Å². The summed E-state index contributed by atoms with van der Waals surface area (Å²) in [5.74, 6) is -2.61. The lowest BCUT2D eigenvalue weighted by Gasteiger charge is -2.23. The van der Waals surface area contributed by atoms with E-state index in [4.69, 9.17) is 10.2 Å². The van der Waals surface area contributed by atoms with Crippen LogP contribution in [0.25, 0.3) is 0 Å². The van der Waals surface area contributed by atoms with Gasteiger partial charge in [0.25, 0.3) is 0 Å². The van der Waals surface area contributed by atoms with Gasteiger partial charge in [0.2, 0.25) is 0 Å². The highest BCUT2D eigenvalue weighted by Crippen LogP contribution is 2.29. The van der Waals surface area contributed by atoms with Crippen LogP contribution in [0.15, 0.2) is 0 Å². The monoisotopic (exact) mass is 189 g/mol.